The van der Waals surface area contributed by atoms with Crippen molar-refractivity contribution in [3.8, 4) is 0 Å². The van der Waals surface area contributed by atoms with Crippen LogP contribution in [0.15, 0.2) is 53.7 Å². The number of nitrogens with zero attached hydrogens (tertiary/aromatic N) is 3. The molecule has 33 heavy (non-hydrogen) atoms. The van der Waals surface area contributed by atoms with Crippen LogP contribution in [-0.2, 0) is 11.3 Å². The zero-order valence-corrected chi connectivity index (χ0v) is 20.8. The van der Waals surface area contributed by atoms with Gasteiger partial charge in [0, 0.05) is 17.1 Å². The summed E-state index contributed by atoms with van der Waals surface area (Å²) < 4.78 is 1.92. The molecule has 0 spiro atoms. The van der Waals surface area contributed by atoms with E-state index in [4.69, 9.17) is 23.2 Å². The summed E-state index contributed by atoms with van der Waals surface area (Å²) in [6.45, 7) is 6.60. The summed E-state index contributed by atoms with van der Waals surface area (Å²) in [5, 5.41) is 15.9. The van der Waals surface area contributed by atoms with Crippen molar-refractivity contribution in [2.75, 3.05) is 11.1 Å². The molecule has 0 saturated heterocycles. The zero-order chi connectivity index (χ0) is 24.0. The molecule has 2 N–H and O–H groups in total. The van der Waals surface area contributed by atoms with Gasteiger partial charge in [0.15, 0.2) is 11.0 Å². The van der Waals surface area contributed by atoms with Crippen LogP contribution in [0.2, 0.25) is 10.0 Å². The molecule has 0 unspecified atom stereocenters. The maximum atomic E-state index is 12.7. The molecule has 1 aromatic heterocycles. The van der Waals surface area contributed by atoms with E-state index in [0.29, 0.717) is 38.8 Å². The number of hydrogen-bond acceptors (Lipinski definition) is 5. The van der Waals surface area contributed by atoms with Gasteiger partial charge in [-0.05, 0) is 43.2 Å². The topological polar surface area (TPSA) is 88.9 Å². The number of nitrogens with one attached hydrogen (secondary N) is 2. The van der Waals surface area contributed by atoms with Gasteiger partial charge in [-0.25, -0.2) is 0 Å². The van der Waals surface area contributed by atoms with Gasteiger partial charge in [0.2, 0.25) is 5.91 Å². The normalized spacial score (nSPS) is 11.9. The zero-order valence-electron chi connectivity index (χ0n) is 18.5. The molecule has 0 fully saturated rings. The number of amides is 2. The van der Waals surface area contributed by atoms with Crippen molar-refractivity contribution in [3.05, 3.63) is 70.0 Å². The number of aromatic nitrogens is 3. The fraction of sp³-hybridized carbons (Fsp3) is 0.304. The molecule has 7 nitrogen and oxygen atoms in total. The summed E-state index contributed by atoms with van der Waals surface area (Å²) in [7, 11) is 0. The first kappa shape index (κ1) is 25.1. The van der Waals surface area contributed by atoms with Crippen molar-refractivity contribution in [1.29, 1.82) is 0 Å². The van der Waals surface area contributed by atoms with Crippen LogP contribution in [0.4, 0.5) is 5.69 Å². The number of anilines is 1. The van der Waals surface area contributed by atoms with E-state index in [0.717, 1.165) is 0 Å². The lowest BCUT2D eigenvalue weighted by Gasteiger charge is -2.22. The number of carbonyl (C=O) groups is 2. The lowest BCUT2D eigenvalue weighted by Crippen LogP contribution is -2.33. The van der Waals surface area contributed by atoms with Crippen molar-refractivity contribution >= 4 is 52.5 Å². The van der Waals surface area contributed by atoms with Gasteiger partial charge in [-0.2, -0.15) is 0 Å². The number of benzene rings is 2. The van der Waals surface area contributed by atoms with Gasteiger partial charge in [0.1, 0.15) is 0 Å². The van der Waals surface area contributed by atoms with Crippen molar-refractivity contribution < 1.29 is 9.59 Å². The van der Waals surface area contributed by atoms with Gasteiger partial charge in [-0.3, -0.25) is 9.59 Å². The number of rotatable bonds is 9. The van der Waals surface area contributed by atoms with Gasteiger partial charge in [-0.1, -0.05) is 67.0 Å². The molecular weight excluding hydrogens is 481 g/mol. The fourth-order valence-corrected chi connectivity index (χ4v) is 4.45. The summed E-state index contributed by atoms with van der Waals surface area (Å²) in [6.07, 6.45) is 0. The molecule has 1 heterocycles. The largest absolute Gasteiger partial charge is 0.342 e. The van der Waals surface area contributed by atoms with Gasteiger partial charge in [0.25, 0.3) is 5.91 Å². The Morgan fingerprint density at radius 2 is 1.82 bits per heavy atom. The average Bonchev–Trinajstić information content (AvgIpc) is 3.20. The Morgan fingerprint density at radius 1 is 1.09 bits per heavy atom. The molecule has 0 radical (unpaired) electrons. The molecule has 0 aliphatic rings. The Hall–Kier alpha value is -2.55. The van der Waals surface area contributed by atoms with Crippen LogP contribution < -0.4 is 10.6 Å². The van der Waals surface area contributed by atoms with Gasteiger partial charge in [0.05, 0.1) is 22.5 Å². The van der Waals surface area contributed by atoms with Crippen LogP contribution in [0.5, 0.6) is 0 Å². The Morgan fingerprint density at radius 3 is 2.45 bits per heavy atom. The van der Waals surface area contributed by atoms with E-state index in [1.807, 2.05) is 43.5 Å². The lowest BCUT2D eigenvalue weighted by atomic mass is 10.0. The Labute approximate surface area is 207 Å². The maximum Gasteiger partial charge on any atom is 0.251 e. The van der Waals surface area contributed by atoms with Crippen LogP contribution in [-0.4, -0.2) is 32.3 Å². The third-order valence-corrected chi connectivity index (χ3v) is 6.38. The quantitative estimate of drug-likeness (QED) is 0.376. The second-order valence-electron chi connectivity index (χ2n) is 7.61. The molecule has 2 aromatic carbocycles. The second kappa shape index (κ2) is 11.5. The van der Waals surface area contributed by atoms with E-state index < -0.39 is 0 Å². The molecule has 10 heteroatoms. The summed E-state index contributed by atoms with van der Waals surface area (Å²) in [4.78, 5) is 25.2. The Bertz CT molecular complexity index is 1120. The number of carbonyl (C=O) groups excluding carboxylic acids is 2. The molecule has 174 valence electrons. The summed E-state index contributed by atoms with van der Waals surface area (Å²) in [5.74, 6) is 0.461. The predicted molar refractivity (Wildman–Crippen MR) is 133 cm³/mol. The van der Waals surface area contributed by atoms with Gasteiger partial charge in [-0.15, -0.1) is 10.2 Å². The van der Waals surface area contributed by atoms with E-state index in [1.165, 1.54) is 11.8 Å². The highest BCUT2D eigenvalue weighted by atomic mass is 35.5. The van der Waals surface area contributed by atoms with E-state index in [1.54, 1.807) is 30.3 Å². The fourth-order valence-electron chi connectivity index (χ4n) is 3.18. The second-order valence-corrected chi connectivity index (χ2v) is 9.39. The van der Waals surface area contributed by atoms with Crippen LogP contribution in [0.25, 0.3) is 0 Å². The average molecular weight is 506 g/mol. The molecule has 3 rings (SSSR count). The third kappa shape index (κ3) is 6.50. The minimum atomic E-state index is -0.332. The molecule has 2 amide bonds. The smallest absolute Gasteiger partial charge is 0.251 e. The molecule has 1 atom stereocenters. The molecule has 0 aliphatic heterocycles. The highest BCUT2D eigenvalue weighted by Gasteiger charge is 2.26. The monoisotopic (exact) mass is 505 g/mol. The van der Waals surface area contributed by atoms with E-state index in [2.05, 4.69) is 20.8 Å². The first-order chi connectivity index (χ1) is 15.8. The first-order valence-corrected chi connectivity index (χ1v) is 12.2. The number of hydrogen-bond donors (Lipinski definition) is 2. The predicted octanol–water partition coefficient (Wildman–Crippen LogP) is 5.46. The maximum absolute atomic E-state index is 12.7. The third-order valence-electron chi connectivity index (χ3n) is 4.87. The minimum absolute atomic E-state index is 0.0837. The standard InChI is InChI=1S/C23H25Cl2N5O2S/c1-4-30-21(20(14(2)3)27-22(32)15-8-6-5-7-9-15)28-29-23(30)33-13-19(31)26-18-11-10-16(24)12-17(18)25/h5-12,14,20H,4,13H2,1-3H3,(H,26,31)(H,27,32)/t20-/m0/s1. The van der Waals surface area contributed by atoms with E-state index in [-0.39, 0.29) is 29.5 Å². The van der Waals surface area contributed by atoms with Crippen LogP contribution in [0.1, 0.15) is 43.0 Å². The van der Waals surface area contributed by atoms with Crippen molar-refractivity contribution in [3.63, 3.8) is 0 Å². The molecule has 3 aromatic rings. The first-order valence-electron chi connectivity index (χ1n) is 10.5. The Balaban J connectivity index is 1.70. The van der Waals surface area contributed by atoms with Gasteiger partial charge >= 0.3 is 0 Å². The van der Waals surface area contributed by atoms with Crippen LogP contribution >= 0.6 is 35.0 Å². The van der Waals surface area contributed by atoms with E-state index >= 15 is 0 Å². The summed E-state index contributed by atoms with van der Waals surface area (Å²) >= 11 is 13.3. The number of halogens is 2. The SMILES string of the molecule is CCn1c(SCC(=O)Nc2ccc(Cl)cc2Cl)nnc1[C@@H](NC(=O)c1ccccc1)C(C)C. The van der Waals surface area contributed by atoms with E-state index in [9.17, 15) is 9.59 Å². The molecular formula is C23H25Cl2N5O2S. The molecule has 0 aliphatic carbocycles. The molecule has 0 bridgehead atoms. The Kier molecular flexibility index (Phi) is 8.77. The lowest BCUT2D eigenvalue weighted by molar-refractivity contribution is -0.113. The highest BCUT2D eigenvalue weighted by Crippen LogP contribution is 2.27. The van der Waals surface area contributed by atoms with Crippen LogP contribution in [0.3, 0.4) is 0 Å². The van der Waals surface area contributed by atoms with Crippen molar-refractivity contribution in [2.24, 2.45) is 5.92 Å². The van der Waals surface area contributed by atoms with Crippen LogP contribution in [0, 0.1) is 5.92 Å². The minimum Gasteiger partial charge on any atom is -0.342 e. The molecule has 0 saturated carbocycles. The van der Waals surface area contributed by atoms with Crippen molar-refractivity contribution in [1.82, 2.24) is 20.1 Å². The highest BCUT2D eigenvalue weighted by molar-refractivity contribution is 7.99. The summed E-state index contributed by atoms with van der Waals surface area (Å²) in [6, 6.07) is 13.6. The number of thioether (sulfide) groups is 1. The van der Waals surface area contributed by atoms with Crippen molar-refractivity contribution in [2.45, 2.75) is 38.5 Å². The summed E-state index contributed by atoms with van der Waals surface area (Å²) in [5.41, 5.74) is 1.07. The van der Waals surface area contributed by atoms with Gasteiger partial charge < -0.3 is 15.2 Å².